The van der Waals surface area contributed by atoms with E-state index >= 15 is 0 Å². The SMILES string of the molecule is CC(=O)Nc1ncc(CN2C[C@H](Oc3cc(C)ncn3)CC[C@@H]2C)s1. The fraction of sp³-hybridized carbons (Fsp3) is 0.529. The van der Waals surface area contributed by atoms with Gasteiger partial charge in [-0.2, -0.15) is 0 Å². The Balaban J connectivity index is 1.60. The van der Waals surface area contributed by atoms with E-state index in [0.717, 1.165) is 36.5 Å². The number of nitrogens with zero attached hydrogens (tertiary/aromatic N) is 4. The van der Waals surface area contributed by atoms with E-state index in [-0.39, 0.29) is 12.0 Å². The van der Waals surface area contributed by atoms with Crippen molar-refractivity contribution in [2.45, 2.75) is 52.3 Å². The van der Waals surface area contributed by atoms with E-state index in [0.29, 0.717) is 17.1 Å². The number of thiazole rings is 1. The molecule has 1 saturated heterocycles. The monoisotopic (exact) mass is 361 g/mol. The molecule has 0 aromatic carbocycles. The van der Waals surface area contributed by atoms with Gasteiger partial charge in [0.15, 0.2) is 5.13 Å². The molecular weight excluding hydrogens is 338 g/mol. The van der Waals surface area contributed by atoms with Crippen molar-refractivity contribution >= 4 is 22.4 Å². The maximum absolute atomic E-state index is 11.1. The first-order chi connectivity index (χ1) is 12.0. The van der Waals surface area contributed by atoms with Crippen molar-refractivity contribution in [2.75, 3.05) is 11.9 Å². The molecule has 0 bridgehead atoms. The maximum atomic E-state index is 11.1. The third-order valence-electron chi connectivity index (χ3n) is 4.23. The molecule has 0 unspecified atom stereocenters. The van der Waals surface area contributed by atoms with Crippen LogP contribution in [0.5, 0.6) is 5.88 Å². The number of hydrogen-bond acceptors (Lipinski definition) is 7. The van der Waals surface area contributed by atoms with Gasteiger partial charge in [-0.3, -0.25) is 9.69 Å². The smallest absolute Gasteiger partial charge is 0.223 e. The molecule has 0 aliphatic carbocycles. The predicted molar refractivity (Wildman–Crippen MR) is 96.7 cm³/mol. The zero-order valence-electron chi connectivity index (χ0n) is 14.7. The molecule has 1 fully saturated rings. The number of nitrogens with one attached hydrogen (secondary N) is 1. The Morgan fingerprint density at radius 2 is 2.24 bits per heavy atom. The van der Waals surface area contributed by atoms with Gasteiger partial charge in [0.25, 0.3) is 0 Å². The number of anilines is 1. The third kappa shape index (κ3) is 4.96. The number of aromatic nitrogens is 3. The van der Waals surface area contributed by atoms with E-state index in [1.165, 1.54) is 24.6 Å². The number of hydrogen-bond donors (Lipinski definition) is 1. The van der Waals surface area contributed by atoms with Crippen LogP contribution in [0.25, 0.3) is 0 Å². The fourth-order valence-electron chi connectivity index (χ4n) is 2.91. The molecule has 0 saturated carbocycles. The number of rotatable bonds is 5. The summed E-state index contributed by atoms with van der Waals surface area (Å²) in [6.07, 6.45) is 5.58. The van der Waals surface area contributed by atoms with E-state index in [1.807, 2.05) is 19.2 Å². The Morgan fingerprint density at radius 1 is 1.40 bits per heavy atom. The quantitative estimate of drug-likeness (QED) is 0.882. The minimum atomic E-state index is -0.0964. The lowest BCUT2D eigenvalue weighted by atomic mass is 10.0. The van der Waals surface area contributed by atoms with Crippen LogP contribution < -0.4 is 10.1 Å². The molecule has 2 atom stereocenters. The number of amides is 1. The molecule has 1 aliphatic heterocycles. The minimum Gasteiger partial charge on any atom is -0.473 e. The lowest BCUT2D eigenvalue weighted by molar-refractivity contribution is -0.114. The van der Waals surface area contributed by atoms with Crippen LogP contribution in [0.3, 0.4) is 0 Å². The van der Waals surface area contributed by atoms with Gasteiger partial charge in [-0.1, -0.05) is 0 Å². The summed E-state index contributed by atoms with van der Waals surface area (Å²) in [5, 5.41) is 3.38. The van der Waals surface area contributed by atoms with Gasteiger partial charge in [-0.15, -0.1) is 11.3 Å². The molecule has 8 heteroatoms. The molecule has 7 nitrogen and oxygen atoms in total. The van der Waals surface area contributed by atoms with E-state index in [2.05, 4.69) is 32.1 Å². The molecule has 1 N–H and O–H groups in total. The lowest BCUT2D eigenvalue weighted by Gasteiger charge is -2.37. The normalized spacial score (nSPS) is 21.1. The standard InChI is InChI=1S/C17H23N5O2S/c1-11-6-16(20-10-19-11)24-14-5-4-12(2)22(8-14)9-15-7-18-17(25-15)21-13(3)23/h6-7,10,12,14H,4-5,8-9H2,1-3H3,(H,18,21,23)/t12-,14+/m0/s1. The second-order valence-electron chi connectivity index (χ2n) is 6.41. The topological polar surface area (TPSA) is 80.2 Å². The summed E-state index contributed by atoms with van der Waals surface area (Å²) in [6.45, 7) is 7.31. The summed E-state index contributed by atoms with van der Waals surface area (Å²) in [5.74, 6) is 0.540. The molecular formula is C17H23N5O2S. The van der Waals surface area contributed by atoms with Crippen LogP contribution >= 0.6 is 11.3 Å². The van der Waals surface area contributed by atoms with Crippen molar-refractivity contribution < 1.29 is 9.53 Å². The lowest BCUT2D eigenvalue weighted by Crippen LogP contribution is -2.45. The zero-order chi connectivity index (χ0) is 17.8. The molecule has 3 rings (SSSR count). The van der Waals surface area contributed by atoms with Crippen molar-refractivity contribution in [1.29, 1.82) is 0 Å². The molecule has 1 aliphatic rings. The van der Waals surface area contributed by atoms with E-state index in [9.17, 15) is 4.79 Å². The second kappa shape index (κ2) is 7.88. The average molecular weight is 361 g/mol. The Kier molecular flexibility index (Phi) is 5.60. The van der Waals surface area contributed by atoms with Crippen molar-refractivity contribution in [3.05, 3.63) is 29.2 Å². The van der Waals surface area contributed by atoms with E-state index in [4.69, 9.17) is 4.74 Å². The van der Waals surface area contributed by atoms with Gasteiger partial charge in [-0.25, -0.2) is 15.0 Å². The van der Waals surface area contributed by atoms with Crippen LogP contribution in [0, 0.1) is 6.92 Å². The van der Waals surface area contributed by atoms with Gasteiger partial charge < -0.3 is 10.1 Å². The molecule has 25 heavy (non-hydrogen) atoms. The van der Waals surface area contributed by atoms with Crippen LogP contribution in [-0.2, 0) is 11.3 Å². The predicted octanol–water partition coefficient (Wildman–Crippen LogP) is 2.63. The molecule has 1 amide bonds. The Hall–Kier alpha value is -2.06. The van der Waals surface area contributed by atoms with Crippen molar-refractivity contribution in [3.8, 4) is 5.88 Å². The molecule has 134 valence electrons. The number of carbonyl (C=O) groups is 1. The van der Waals surface area contributed by atoms with E-state index < -0.39 is 0 Å². The fourth-order valence-corrected chi connectivity index (χ4v) is 3.80. The van der Waals surface area contributed by atoms with Crippen molar-refractivity contribution in [3.63, 3.8) is 0 Å². The summed E-state index contributed by atoms with van der Waals surface area (Å²) < 4.78 is 6.05. The van der Waals surface area contributed by atoms with Gasteiger partial charge in [0.2, 0.25) is 11.8 Å². The van der Waals surface area contributed by atoms with Crippen LogP contribution in [-0.4, -0.2) is 44.4 Å². The van der Waals surface area contributed by atoms with Crippen LogP contribution in [0.15, 0.2) is 18.6 Å². The van der Waals surface area contributed by atoms with E-state index in [1.54, 1.807) is 0 Å². The summed E-state index contributed by atoms with van der Waals surface area (Å²) >= 11 is 1.52. The molecule has 0 radical (unpaired) electrons. The Morgan fingerprint density at radius 3 is 3.00 bits per heavy atom. The number of carbonyl (C=O) groups excluding carboxylic acids is 1. The number of ether oxygens (including phenoxy) is 1. The first kappa shape index (κ1) is 17.8. The first-order valence-corrected chi connectivity index (χ1v) is 9.23. The maximum Gasteiger partial charge on any atom is 0.223 e. The van der Waals surface area contributed by atoms with Crippen molar-refractivity contribution in [2.24, 2.45) is 0 Å². The van der Waals surface area contributed by atoms with Gasteiger partial charge in [0.1, 0.15) is 12.4 Å². The third-order valence-corrected chi connectivity index (χ3v) is 5.13. The highest BCUT2D eigenvalue weighted by molar-refractivity contribution is 7.15. The molecule has 2 aromatic heterocycles. The zero-order valence-corrected chi connectivity index (χ0v) is 15.5. The highest BCUT2D eigenvalue weighted by Gasteiger charge is 2.27. The van der Waals surface area contributed by atoms with Gasteiger partial charge >= 0.3 is 0 Å². The molecule has 2 aromatic rings. The summed E-state index contributed by atoms with van der Waals surface area (Å²) in [4.78, 5) is 27.2. The van der Waals surface area contributed by atoms with Crippen LogP contribution in [0.2, 0.25) is 0 Å². The molecule has 3 heterocycles. The van der Waals surface area contributed by atoms with Crippen molar-refractivity contribution in [1.82, 2.24) is 19.9 Å². The number of piperidine rings is 1. The van der Waals surface area contributed by atoms with Gasteiger partial charge in [0, 0.05) is 48.9 Å². The number of likely N-dealkylation sites (tertiary alicyclic amines) is 1. The minimum absolute atomic E-state index is 0.0964. The summed E-state index contributed by atoms with van der Waals surface area (Å²) in [7, 11) is 0. The second-order valence-corrected chi connectivity index (χ2v) is 7.52. The Labute approximate surface area is 151 Å². The average Bonchev–Trinajstić information content (AvgIpc) is 2.97. The first-order valence-electron chi connectivity index (χ1n) is 8.41. The van der Waals surface area contributed by atoms with Crippen LogP contribution in [0.1, 0.15) is 37.3 Å². The highest BCUT2D eigenvalue weighted by Crippen LogP contribution is 2.26. The largest absolute Gasteiger partial charge is 0.473 e. The molecule has 0 spiro atoms. The highest BCUT2D eigenvalue weighted by atomic mass is 32.1. The summed E-state index contributed by atoms with van der Waals surface area (Å²) in [6, 6.07) is 2.35. The summed E-state index contributed by atoms with van der Waals surface area (Å²) in [5.41, 5.74) is 0.904. The number of aryl methyl sites for hydroxylation is 1. The Bertz CT molecular complexity index is 735. The van der Waals surface area contributed by atoms with Gasteiger partial charge in [-0.05, 0) is 26.7 Å². The van der Waals surface area contributed by atoms with Crippen LogP contribution in [0.4, 0.5) is 5.13 Å². The van der Waals surface area contributed by atoms with Gasteiger partial charge in [0.05, 0.1) is 0 Å².